The van der Waals surface area contributed by atoms with Crippen LogP contribution in [0.15, 0.2) is 48.5 Å². The number of carbonyl (C=O) groups excluding carboxylic acids is 2. The maximum atomic E-state index is 12.7. The first kappa shape index (κ1) is 34.1. The Hall–Kier alpha value is -2.82. The Morgan fingerprint density at radius 3 is 1.57 bits per heavy atom. The number of benzene rings is 2. The smallest absolute Gasteiger partial charge is 0.343 e. The van der Waals surface area contributed by atoms with Crippen LogP contribution in [0.2, 0.25) is 0 Å². The second-order valence-electron chi connectivity index (χ2n) is 13.4. The first-order chi connectivity index (χ1) is 21.5. The van der Waals surface area contributed by atoms with E-state index in [4.69, 9.17) is 14.2 Å². The van der Waals surface area contributed by atoms with Crippen LogP contribution in [0.5, 0.6) is 17.2 Å². The summed E-state index contributed by atoms with van der Waals surface area (Å²) in [7, 11) is 0. The molecule has 2 aromatic rings. The molecule has 0 N–H and O–H groups in total. The highest BCUT2D eigenvalue weighted by molar-refractivity contribution is 5.91. The van der Waals surface area contributed by atoms with E-state index in [0.717, 1.165) is 55.6 Å². The van der Waals surface area contributed by atoms with Gasteiger partial charge in [0.25, 0.3) is 0 Å². The standard InChI is InChI=1S/C39H56O5/c1-3-5-7-10-30-13-15-32(16-14-30)12-9-29-42-35-25-27-37(28-26-35)44-39(41)34-21-23-36(24-22-34)43-38(40)33-19-17-31(18-20-33)11-8-6-4-2/h21-28,30-33H,3-20,29H2,1-2H3. The van der Waals surface area contributed by atoms with Crippen molar-refractivity contribution in [1.82, 2.24) is 0 Å². The van der Waals surface area contributed by atoms with E-state index in [-0.39, 0.29) is 11.9 Å². The van der Waals surface area contributed by atoms with E-state index in [1.807, 2.05) is 12.1 Å². The molecule has 5 nitrogen and oxygen atoms in total. The molecule has 0 atom stereocenters. The fourth-order valence-electron chi connectivity index (χ4n) is 7.05. The lowest BCUT2D eigenvalue weighted by molar-refractivity contribution is -0.140. The van der Waals surface area contributed by atoms with Gasteiger partial charge in [0.05, 0.1) is 18.1 Å². The van der Waals surface area contributed by atoms with Crippen LogP contribution in [0.3, 0.4) is 0 Å². The third-order valence-corrected chi connectivity index (χ3v) is 9.95. The Balaban J connectivity index is 1.11. The molecule has 0 aromatic heterocycles. The highest BCUT2D eigenvalue weighted by Gasteiger charge is 2.27. The third kappa shape index (κ3) is 11.6. The lowest BCUT2D eigenvalue weighted by atomic mass is 9.78. The first-order valence-corrected chi connectivity index (χ1v) is 17.8. The molecule has 2 fully saturated rings. The second kappa shape index (κ2) is 18.9. The quantitative estimate of drug-likeness (QED) is 0.102. The fourth-order valence-corrected chi connectivity index (χ4v) is 7.05. The zero-order valence-corrected chi connectivity index (χ0v) is 27.4. The van der Waals surface area contributed by atoms with Crippen molar-refractivity contribution in [2.75, 3.05) is 6.61 Å². The van der Waals surface area contributed by atoms with E-state index in [1.165, 1.54) is 83.5 Å². The van der Waals surface area contributed by atoms with Crippen molar-refractivity contribution < 1.29 is 23.8 Å². The maximum absolute atomic E-state index is 12.7. The van der Waals surface area contributed by atoms with E-state index in [0.29, 0.717) is 23.7 Å². The monoisotopic (exact) mass is 604 g/mol. The van der Waals surface area contributed by atoms with Crippen LogP contribution >= 0.6 is 0 Å². The van der Waals surface area contributed by atoms with Gasteiger partial charge in [0, 0.05) is 0 Å². The van der Waals surface area contributed by atoms with Crippen molar-refractivity contribution in [2.24, 2.45) is 23.7 Å². The summed E-state index contributed by atoms with van der Waals surface area (Å²) in [5, 5.41) is 0. The fraction of sp³-hybridized carbons (Fsp3) is 0.641. The number of hydrogen-bond acceptors (Lipinski definition) is 5. The van der Waals surface area contributed by atoms with Gasteiger partial charge in [-0.3, -0.25) is 4.79 Å². The molecule has 44 heavy (non-hydrogen) atoms. The molecule has 2 aliphatic carbocycles. The number of carbonyl (C=O) groups is 2. The number of esters is 2. The summed E-state index contributed by atoms with van der Waals surface area (Å²) >= 11 is 0. The van der Waals surface area contributed by atoms with E-state index in [1.54, 1.807) is 36.4 Å². The number of rotatable bonds is 17. The average Bonchev–Trinajstić information content (AvgIpc) is 3.05. The Kier molecular flexibility index (Phi) is 14.6. The van der Waals surface area contributed by atoms with Crippen molar-refractivity contribution in [1.29, 1.82) is 0 Å². The van der Waals surface area contributed by atoms with Crippen LogP contribution in [-0.2, 0) is 4.79 Å². The van der Waals surface area contributed by atoms with Crippen molar-refractivity contribution in [3.8, 4) is 17.2 Å². The Morgan fingerprint density at radius 1 is 0.568 bits per heavy atom. The van der Waals surface area contributed by atoms with Gasteiger partial charge in [0.1, 0.15) is 17.2 Å². The van der Waals surface area contributed by atoms with Crippen LogP contribution in [0.25, 0.3) is 0 Å². The summed E-state index contributed by atoms with van der Waals surface area (Å²) in [6.45, 7) is 5.23. The SMILES string of the molecule is CCCCCC1CCC(CCCOc2ccc(OC(=O)c3ccc(OC(=O)C4CCC(CCCCC)CC4)cc3)cc2)CC1. The summed E-state index contributed by atoms with van der Waals surface area (Å²) in [6.07, 6.45) is 22.6. The number of unbranched alkanes of at least 4 members (excludes halogenated alkanes) is 4. The molecule has 0 unspecified atom stereocenters. The van der Waals surface area contributed by atoms with Crippen molar-refractivity contribution in [3.63, 3.8) is 0 Å². The molecule has 2 saturated carbocycles. The van der Waals surface area contributed by atoms with E-state index in [9.17, 15) is 9.59 Å². The van der Waals surface area contributed by atoms with Gasteiger partial charge in [-0.25, -0.2) is 4.79 Å². The van der Waals surface area contributed by atoms with E-state index in [2.05, 4.69) is 13.8 Å². The normalized spacial score (nSPS) is 21.9. The van der Waals surface area contributed by atoms with Gasteiger partial charge in [0.2, 0.25) is 0 Å². The lowest BCUT2D eigenvalue weighted by Gasteiger charge is -2.28. The Labute approximate surface area is 266 Å². The molecular weight excluding hydrogens is 548 g/mol. The van der Waals surface area contributed by atoms with Gasteiger partial charge in [-0.05, 0) is 105 Å². The van der Waals surface area contributed by atoms with Crippen LogP contribution in [0, 0.1) is 23.7 Å². The molecule has 242 valence electrons. The minimum absolute atomic E-state index is 0.0288. The molecule has 5 heteroatoms. The zero-order chi connectivity index (χ0) is 31.0. The molecule has 2 aromatic carbocycles. The minimum atomic E-state index is -0.446. The topological polar surface area (TPSA) is 61.8 Å². The molecule has 0 saturated heterocycles. The van der Waals surface area contributed by atoms with Crippen LogP contribution < -0.4 is 14.2 Å². The summed E-state index contributed by atoms with van der Waals surface area (Å²) in [6, 6.07) is 13.9. The molecule has 0 bridgehead atoms. The van der Waals surface area contributed by atoms with Gasteiger partial charge in [-0.2, -0.15) is 0 Å². The molecule has 0 radical (unpaired) electrons. The van der Waals surface area contributed by atoms with Gasteiger partial charge >= 0.3 is 11.9 Å². The van der Waals surface area contributed by atoms with Crippen molar-refractivity contribution in [2.45, 2.75) is 129 Å². The van der Waals surface area contributed by atoms with Gasteiger partial charge in [-0.1, -0.05) is 90.9 Å². The van der Waals surface area contributed by atoms with Crippen LogP contribution in [0.1, 0.15) is 140 Å². The second-order valence-corrected chi connectivity index (χ2v) is 13.4. The highest BCUT2D eigenvalue weighted by atomic mass is 16.5. The molecule has 0 amide bonds. The highest BCUT2D eigenvalue weighted by Crippen LogP contribution is 2.35. The Bertz CT molecular complexity index is 1090. The van der Waals surface area contributed by atoms with Gasteiger partial charge < -0.3 is 14.2 Å². The number of ether oxygens (including phenoxy) is 3. The average molecular weight is 605 g/mol. The number of hydrogen-bond donors (Lipinski definition) is 0. The van der Waals surface area contributed by atoms with Crippen molar-refractivity contribution >= 4 is 11.9 Å². The minimum Gasteiger partial charge on any atom is -0.494 e. The van der Waals surface area contributed by atoms with E-state index < -0.39 is 5.97 Å². The summed E-state index contributed by atoms with van der Waals surface area (Å²) < 4.78 is 17.2. The van der Waals surface area contributed by atoms with Crippen molar-refractivity contribution in [3.05, 3.63) is 54.1 Å². The predicted octanol–water partition coefficient (Wildman–Crippen LogP) is 10.7. The molecule has 2 aliphatic rings. The third-order valence-electron chi connectivity index (χ3n) is 9.95. The molecule has 0 spiro atoms. The van der Waals surface area contributed by atoms with Crippen LogP contribution in [0.4, 0.5) is 0 Å². The summed E-state index contributed by atoms with van der Waals surface area (Å²) in [5.41, 5.74) is 0.410. The van der Waals surface area contributed by atoms with Gasteiger partial charge in [0.15, 0.2) is 0 Å². The van der Waals surface area contributed by atoms with E-state index >= 15 is 0 Å². The molecule has 0 heterocycles. The van der Waals surface area contributed by atoms with Crippen LogP contribution in [-0.4, -0.2) is 18.5 Å². The zero-order valence-electron chi connectivity index (χ0n) is 27.4. The maximum Gasteiger partial charge on any atom is 0.343 e. The first-order valence-electron chi connectivity index (χ1n) is 17.8. The Morgan fingerprint density at radius 2 is 1.02 bits per heavy atom. The summed E-state index contributed by atoms with van der Waals surface area (Å²) in [5.74, 6) is 3.67. The molecule has 0 aliphatic heterocycles. The molecular formula is C39H56O5. The molecule has 4 rings (SSSR count). The predicted molar refractivity (Wildman–Crippen MR) is 177 cm³/mol. The summed E-state index contributed by atoms with van der Waals surface area (Å²) in [4.78, 5) is 25.4. The lowest BCUT2D eigenvalue weighted by Crippen LogP contribution is -2.25. The van der Waals surface area contributed by atoms with Gasteiger partial charge in [-0.15, -0.1) is 0 Å². The largest absolute Gasteiger partial charge is 0.494 e.